The lowest BCUT2D eigenvalue weighted by Crippen LogP contribution is -2.14. The molecule has 2 N–H and O–H groups in total. The van der Waals surface area contributed by atoms with Gasteiger partial charge in [0, 0.05) is 5.69 Å². The molecular formula is C11H14FNO4S. The van der Waals surface area contributed by atoms with Gasteiger partial charge in [-0.2, -0.15) is 0 Å². The molecule has 0 amide bonds. The second kappa shape index (κ2) is 5.81. The molecule has 1 aromatic rings. The fourth-order valence-corrected chi connectivity index (χ4v) is 2.71. The van der Waals surface area contributed by atoms with Crippen LogP contribution in [-0.2, 0) is 25.1 Å². The number of esters is 1. The molecule has 0 aliphatic heterocycles. The van der Waals surface area contributed by atoms with E-state index in [9.17, 15) is 17.6 Å². The summed E-state index contributed by atoms with van der Waals surface area (Å²) in [5.41, 5.74) is 5.92. The van der Waals surface area contributed by atoms with E-state index < -0.39 is 21.6 Å². The van der Waals surface area contributed by atoms with Gasteiger partial charge in [0.2, 0.25) is 0 Å². The number of hydrogen-bond acceptors (Lipinski definition) is 5. The van der Waals surface area contributed by atoms with Crippen molar-refractivity contribution in [2.45, 2.75) is 12.2 Å². The van der Waals surface area contributed by atoms with Gasteiger partial charge in [-0.3, -0.25) is 4.79 Å². The smallest absolute Gasteiger partial charge is 0.306 e. The molecule has 0 saturated heterocycles. The van der Waals surface area contributed by atoms with Gasteiger partial charge in [0.1, 0.15) is 5.82 Å². The van der Waals surface area contributed by atoms with Gasteiger partial charge < -0.3 is 10.5 Å². The highest BCUT2D eigenvalue weighted by Crippen LogP contribution is 2.17. The number of carbonyl (C=O) groups is 1. The van der Waals surface area contributed by atoms with Crippen molar-refractivity contribution in [3.05, 3.63) is 29.6 Å². The third-order valence-corrected chi connectivity index (χ3v) is 3.91. The maximum Gasteiger partial charge on any atom is 0.306 e. The molecule has 0 aliphatic carbocycles. The van der Waals surface area contributed by atoms with Gasteiger partial charge in [-0.15, -0.1) is 0 Å². The molecule has 0 aliphatic rings. The number of nitrogens with two attached hydrogens (primary N) is 1. The molecule has 0 aromatic heterocycles. The third-order valence-electron chi connectivity index (χ3n) is 2.33. The number of hydrogen-bond donors (Lipinski definition) is 1. The minimum Gasteiger partial charge on any atom is -0.469 e. The highest BCUT2D eigenvalue weighted by molar-refractivity contribution is 7.90. The van der Waals surface area contributed by atoms with Gasteiger partial charge in [0.25, 0.3) is 0 Å². The highest BCUT2D eigenvalue weighted by Gasteiger charge is 2.16. The van der Waals surface area contributed by atoms with Gasteiger partial charge in [0.05, 0.1) is 25.0 Å². The molecule has 1 rings (SSSR count). The maximum absolute atomic E-state index is 12.8. The molecule has 0 radical (unpaired) electrons. The van der Waals surface area contributed by atoms with E-state index in [0.29, 0.717) is 5.56 Å². The van der Waals surface area contributed by atoms with Crippen molar-refractivity contribution in [2.24, 2.45) is 0 Å². The average Bonchev–Trinajstić information content (AvgIpc) is 2.30. The number of ether oxygens (including phenoxy) is 1. The molecular weight excluding hydrogens is 261 g/mol. The van der Waals surface area contributed by atoms with Crippen molar-refractivity contribution in [3.63, 3.8) is 0 Å². The summed E-state index contributed by atoms with van der Waals surface area (Å²) in [4.78, 5) is 10.9. The number of sulfone groups is 1. The van der Waals surface area contributed by atoms with Gasteiger partial charge in [-0.05, 0) is 17.7 Å². The van der Waals surface area contributed by atoms with E-state index in [2.05, 4.69) is 4.74 Å². The maximum atomic E-state index is 12.8. The Bertz CT molecular complexity index is 542. The van der Waals surface area contributed by atoms with Gasteiger partial charge in [0.15, 0.2) is 9.84 Å². The van der Waals surface area contributed by atoms with Crippen LogP contribution in [0.3, 0.4) is 0 Å². The summed E-state index contributed by atoms with van der Waals surface area (Å²) in [5.74, 6) is -1.76. The topological polar surface area (TPSA) is 86.5 Å². The zero-order valence-corrected chi connectivity index (χ0v) is 10.7. The van der Waals surface area contributed by atoms with E-state index in [-0.39, 0.29) is 23.6 Å². The van der Waals surface area contributed by atoms with Gasteiger partial charge in [-0.1, -0.05) is 6.07 Å². The van der Waals surface area contributed by atoms with E-state index in [1.54, 1.807) is 0 Å². The van der Waals surface area contributed by atoms with Crippen molar-refractivity contribution in [2.75, 3.05) is 18.6 Å². The zero-order valence-electron chi connectivity index (χ0n) is 9.85. The largest absolute Gasteiger partial charge is 0.469 e. The SMILES string of the molecule is COC(=O)CCS(=O)(=O)Cc1ccc(F)cc1N. The summed E-state index contributed by atoms with van der Waals surface area (Å²) in [6.45, 7) is 0. The summed E-state index contributed by atoms with van der Waals surface area (Å²) in [7, 11) is -2.29. The molecule has 0 heterocycles. The number of benzene rings is 1. The number of nitrogen functional groups attached to an aromatic ring is 1. The van der Waals surface area contributed by atoms with E-state index in [1.807, 2.05) is 0 Å². The number of methoxy groups -OCH3 is 1. The van der Waals surface area contributed by atoms with Crippen molar-refractivity contribution < 1.29 is 22.3 Å². The second-order valence-electron chi connectivity index (χ2n) is 3.76. The van der Waals surface area contributed by atoms with Crippen LogP contribution in [0.5, 0.6) is 0 Å². The molecule has 0 atom stereocenters. The molecule has 0 bridgehead atoms. The summed E-state index contributed by atoms with van der Waals surface area (Å²) < 4.78 is 40.5. The first-order valence-corrected chi connectivity index (χ1v) is 6.97. The number of halogens is 1. The predicted molar refractivity (Wildman–Crippen MR) is 64.9 cm³/mol. The Morgan fingerprint density at radius 1 is 1.44 bits per heavy atom. The van der Waals surface area contributed by atoms with Gasteiger partial charge in [-0.25, -0.2) is 12.8 Å². The first-order chi connectivity index (χ1) is 8.34. The fourth-order valence-electron chi connectivity index (χ4n) is 1.35. The first kappa shape index (κ1) is 14.4. The molecule has 5 nitrogen and oxygen atoms in total. The molecule has 7 heteroatoms. The summed E-state index contributed by atoms with van der Waals surface area (Å²) in [6, 6.07) is 3.52. The fraction of sp³-hybridized carbons (Fsp3) is 0.364. The van der Waals surface area contributed by atoms with Gasteiger partial charge >= 0.3 is 5.97 Å². The number of rotatable bonds is 5. The van der Waals surface area contributed by atoms with Crippen LogP contribution in [0.25, 0.3) is 0 Å². The van der Waals surface area contributed by atoms with E-state index in [1.165, 1.54) is 13.2 Å². The van der Waals surface area contributed by atoms with Crippen LogP contribution in [-0.4, -0.2) is 27.2 Å². The Balaban J connectivity index is 2.73. The minimum atomic E-state index is -3.48. The quantitative estimate of drug-likeness (QED) is 0.637. The lowest BCUT2D eigenvalue weighted by Gasteiger charge is -2.06. The molecule has 0 unspecified atom stereocenters. The van der Waals surface area contributed by atoms with E-state index in [0.717, 1.165) is 12.1 Å². The zero-order chi connectivity index (χ0) is 13.8. The summed E-state index contributed by atoms with van der Waals surface area (Å²) in [5, 5.41) is 0. The summed E-state index contributed by atoms with van der Waals surface area (Å²) in [6.07, 6.45) is -0.208. The highest BCUT2D eigenvalue weighted by atomic mass is 32.2. The minimum absolute atomic E-state index is 0.0802. The van der Waals surface area contributed by atoms with E-state index in [4.69, 9.17) is 5.73 Å². The predicted octanol–water partition coefficient (Wildman–Crippen LogP) is 0.886. The van der Waals surface area contributed by atoms with Crippen LogP contribution in [0, 0.1) is 5.82 Å². The molecule has 0 saturated carbocycles. The molecule has 100 valence electrons. The first-order valence-electron chi connectivity index (χ1n) is 5.15. The standard InChI is InChI=1S/C11H14FNO4S/c1-17-11(14)4-5-18(15,16)7-8-2-3-9(12)6-10(8)13/h2-3,6H,4-5,7,13H2,1H3. The Labute approximate surface area is 105 Å². The van der Waals surface area contributed by atoms with Crippen molar-refractivity contribution in [1.82, 2.24) is 0 Å². The Kier molecular flexibility index (Phi) is 4.66. The Morgan fingerprint density at radius 3 is 2.67 bits per heavy atom. The average molecular weight is 275 g/mol. The molecule has 0 fully saturated rings. The Hall–Kier alpha value is -1.63. The lowest BCUT2D eigenvalue weighted by atomic mass is 10.2. The molecule has 18 heavy (non-hydrogen) atoms. The van der Waals surface area contributed by atoms with E-state index >= 15 is 0 Å². The second-order valence-corrected chi connectivity index (χ2v) is 5.95. The Morgan fingerprint density at radius 2 is 2.11 bits per heavy atom. The summed E-state index contributed by atoms with van der Waals surface area (Å²) >= 11 is 0. The molecule has 1 aromatic carbocycles. The van der Waals surface area contributed by atoms with Crippen molar-refractivity contribution >= 4 is 21.5 Å². The number of anilines is 1. The van der Waals surface area contributed by atoms with Crippen LogP contribution < -0.4 is 5.73 Å². The third kappa shape index (κ3) is 4.33. The number of carbonyl (C=O) groups excluding carboxylic acids is 1. The van der Waals surface area contributed by atoms with Crippen molar-refractivity contribution in [1.29, 1.82) is 0 Å². The molecule has 0 spiro atoms. The van der Waals surface area contributed by atoms with Crippen LogP contribution >= 0.6 is 0 Å². The lowest BCUT2D eigenvalue weighted by molar-refractivity contribution is -0.140. The van der Waals surface area contributed by atoms with Crippen LogP contribution in [0.4, 0.5) is 10.1 Å². The van der Waals surface area contributed by atoms with Crippen molar-refractivity contribution in [3.8, 4) is 0 Å². The van der Waals surface area contributed by atoms with Crippen LogP contribution in [0.2, 0.25) is 0 Å². The van der Waals surface area contributed by atoms with Crippen LogP contribution in [0.15, 0.2) is 18.2 Å². The van der Waals surface area contributed by atoms with Crippen LogP contribution in [0.1, 0.15) is 12.0 Å². The normalized spacial score (nSPS) is 11.2. The monoisotopic (exact) mass is 275 g/mol.